The topological polar surface area (TPSA) is 60.9 Å². The largest absolute Gasteiger partial charge is 0.480 e. The number of carboxylic acid groups (broad SMARTS) is 1. The summed E-state index contributed by atoms with van der Waals surface area (Å²) in [5.41, 5.74) is 0.193. The third kappa shape index (κ3) is 3.22. The minimum atomic E-state index is -0.892. The van der Waals surface area contributed by atoms with E-state index >= 15 is 0 Å². The molecule has 2 heterocycles. The van der Waals surface area contributed by atoms with Gasteiger partial charge in [-0.1, -0.05) is 20.8 Å². The maximum Gasteiger partial charge on any atom is 0.327 e. The van der Waals surface area contributed by atoms with E-state index in [2.05, 4.69) is 20.8 Å². The van der Waals surface area contributed by atoms with Gasteiger partial charge in [-0.05, 0) is 17.8 Å². The first-order valence-electron chi connectivity index (χ1n) is 7.17. The lowest BCUT2D eigenvalue weighted by Crippen LogP contribution is -2.54. The number of carboxylic acids is 1. The van der Waals surface area contributed by atoms with Crippen molar-refractivity contribution in [3.8, 4) is 0 Å². The molecule has 2 fully saturated rings. The fraction of sp³-hybridized carbons (Fsp3) is 0.857. The van der Waals surface area contributed by atoms with Crippen LogP contribution in [0.3, 0.4) is 0 Å². The number of urea groups is 1. The second-order valence-corrected chi connectivity index (χ2v) is 7.85. The van der Waals surface area contributed by atoms with Gasteiger partial charge in [-0.15, -0.1) is 0 Å². The molecule has 0 aromatic carbocycles. The summed E-state index contributed by atoms with van der Waals surface area (Å²) >= 11 is 1.61. The second kappa shape index (κ2) is 5.84. The van der Waals surface area contributed by atoms with E-state index in [4.69, 9.17) is 0 Å². The highest BCUT2D eigenvalue weighted by atomic mass is 32.2. The molecule has 2 atom stereocenters. The number of thioether (sulfide) groups is 1. The van der Waals surface area contributed by atoms with E-state index in [-0.39, 0.29) is 11.4 Å². The summed E-state index contributed by atoms with van der Waals surface area (Å²) in [7, 11) is 0. The average molecular weight is 300 g/mol. The number of hydrogen-bond donors (Lipinski definition) is 1. The maximum absolute atomic E-state index is 12.6. The Labute approximate surface area is 124 Å². The van der Waals surface area contributed by atoms with Gasteiger partial charge in [0.1, 0.15) is 6.04 Å². The molecule has 1 N–H and O–H groups in total. The standard InChI is InChI=1S/C14H24N2O3S/c1-14(2,3)10-4-5-15(8-10)13(19)16-6-7-20-9-11(16)12(17)18/h10-11H,4-9H2,1-3H3,(H,17,18). The lowest BCUT2D eigenvalue weighted by Gasteiger charge is -2.36. The summed E-state index contributed by atoms with van der Waals surface area (Å²) in [4.78, 5) is 27.2. The monoisotopic (exact) mass is 300 g/mol. The van der Waals surface area contributed by atoms with Crippen LogP contribution in [-0.4, -0.2) is 64.1 Å². The van der Waals surface area contributed by atoms with Crippen LogP contribution < -0.4 is 0 Å². The van der Waals surface area contributed by atoms with Gasteiger partial charge in [0.15, 0.2) is 0 Å². The Kier molecular flexibility index (Phi) is 4.52. The predicted octanol–water partition coefficient (Wildman–Crippen LogP) is 1.98. The van der Waals surface area contributed by atoms with Crippen molar-refractivity contribution in [3.05, 3.63) is 0 Å². The van der Waals surface area contributed by atoms with Crippen molar-refractivity contribution in [2.24, 2.45) is 11.3 Å². The highest BCUT2D eigenvalue weighted by Gasteiger charge is 2.39. The number of aliphatic carboxylic acids is 1. The maximum atomic E-state index is 12.6. The van der Waals surface area contributed by atoms with Crippen LogP contribution in [0.15, 0.2) is 0 Å². The minimum absolute atomic E-state index is 0.0931. The van der Waals surface area contributed by atoms with Gasteiger partial charge in [-0.2, -0.15) is 11.8 Å². The number of amides is 2. The first-order chi connectivity index (χ1) is 9.30. The Hall–Kier alpha value is -0.910. The molecule has 2 rings (SSSR count). The molecule has 0 aromatic heterocycles. The molecule has 0 bridgehead atoms. The average Bonchev–Trinajstić information content (AvgIpc) is 2.87. The van der Waals surface area contributed by atoms with Crippen molar-refractivity contribution >= 4 is 23.8 Å². The van der Waals surface area contributed by atoms with E-state index in [1.165, 1.54) is 0 Å². The van der Waals surface area contributed by atoms with Gasteiger partial charge in [0, 0.05) is 31.1 Å². The van der Waals surface area contributed by atoms with Crippen molar-refractivity contribution in [2.45, 2.75) is 33.2 Å². The van der Waals surface area contributed by atoms with E-state index in [1.54, 1.807) is 16.7 Å². The van der Waals surface area contributed by atoms with Gasteiger partial charge in [0.2, 0.25) is 0 Å². The molecule has 2 aliphatic heterocycles. The van der Waals surface area contributed by atoms with Gasteiger partial charge >= 0.3 is 12.0 Å². The molecule has 0 aliphatic carbocycles. The Morgan fingerprint density at radius 2 is 1.95 bits per heavy atom. The van der Waals surface area contributed by atoms with Gasteiger partial charge in [-0.25, -0.2) is 9.59 Å². The van der Waals surface area contributed by atoms with Gasteiger partial charge in [-0.3, -0.25) is 0 Å². The Bertz CT molecular complexity index is 394. The lowest BCUT2D eigenvalue weighted by atomic mass is 9.80. The molecule has 6 heteroatoms. The quantitative estimate of drug-likeness (QED) is 0.804. The van der Waals surface area contributed by atoms with Crippen LogP contribution in [0.5, 0.6) is 0 Å². The third-order valence-electron chi connectivity index (χ3n) is 4.34. The fourth-order valence-corrected chi connectivity index (χ4v) is 3.90. The van der Waals surface area contributed by atoms with Crippen molar-refractivity contribution in [2.75, 3.05) is 31.1 Å². The number of carbonyl (C=O) groups excluding carboxylic acids is 1. The number of nitrogens with zero attached hydrogens (tertiary/aromatic N) is 2. The zero-order chi connectivity index (χ0) is 14.9. The van der Waals surface area contributed by atoms with Crippen LogP contribution >= 0.6 is 11.8 Å². The number of rotatable bonds is 1. The van der Waals surface area contributed by atoms with E-state index in [0.717, 1.165) is 25.3 Å². The molecule has 2 amide bonds. The highest BCUT2D eigenvalue weighted by Crippen LogP contribution is 2.34. The molecule has 2 aliphatic rings. The highest BCUT2D eigenvalue weighted by molar-refractivity contribution is 7.99. The van der Waals surface area contributed by atoms with Crippen molar-refractivity contribution in [1.29, 1.82) is 0 Å². The van der Waals surface area contributed by atoms with Crippen LogP contribution in [0.4, 0.5) is 4.79 Å². The second-order valence-electron chi connectivity index (χ2n) is 6.70. The molecular weight excluding hydrogens is 276 g/mol. The summed E-state index contributed by atoms with van der Waals surface area (Å²) in [6, 6.07) is -0.764. The van der Waals surface area contributed by atoms with Crippen LogP contribution in [0.25, 0.3) is 0 Å². The van der Waals surface area contributed by atoms with Crippen LogP contribution in [0, 0.1) is 11.3 Å². The molecule has 5 nitrogen and oxygen atoms in total. The zero-order valence-corrected chi connectivity index (χ0v) is 13.3. The minimum Gasteiger partial charge on any atom is -0.480 e. The lowest BCUT2D eigenvalue weighted by molar-refractivity contribution is -0.141. The van der Waals surface area contributed by atoms with E-state index in [9.17, 15) is 14.7 Å². The van der Waals surface area contributed by atoms with E-state index < -0.39 is 12.0 Å². The number of likely N-dealkylation sites (tertiary alicyclic amines) is 1. The Morgan fingerprint density at radius 1 is 1.25 bits per heavy atom. The zero-order valence-electron chi connectivity index (χ0n) is 12.5. The fourth-order valence-electron chi connectivity index (χ4n) is 2.86. The number of carbonyl (C=O) groups is 2. The normalized spacial score (nSPS) is 27.8. The van der Waals surface area contributed by atoms with Crippen molar-refractivity contribution in [3.63, 3.8) is 0 Å². The van der Waals surface area contributed by atoms with Gasteiger partial charge in [0.25, 0.3) is 0 Å². The van der Waals surface area contributed by atoms with E-state index in [1.807, 2.05) is 4.90 Å². The van der Waals surface area contributed by atoms with Gasteiger partial charge in [0.05, 0.1) is 0 Å². The first-order valence-corrected chi connectivity index (χ1v) is 8.32. The van der Waals surface area contributed by atoms with Crippen LogP contribution in [-0.2, 0) is 4.79 Å². The first kappa shape index (κ1) is 15.5. The predicted molar refractivity (Wildman–Crippen MR) is 80.0 cm³/mol. The van der Waals surface area contributed by atoms with Crippen molar-refractivity contribution < 1.29 is 14.7 Å². The summed E-state index contributed by atoms with van der Waals surface area (Å²) in [6.45, 7) is 8.63. The third-order valence-corrected chi connectivity index (χ3v) is 5.37. The van der Waals surface area contributed by atoms with Crippen LogP contribution in [0.1, 0.15) is 27.2 Å². The van der Waals surface area contributed by atoms with Crippen molar-refractivity contribution in [1.82, 2.24) is 9.80 Å². The molecule has 0 aromatic rings. The number of hydrogen-bond acceptors (Lipinski definition) is 3. The summed E-state index contributed by atoms with van der Waals surface area (Å²) in [5, 5.41) is 9.26. The summed E-state index contributed by atoms with van der Waals surface area (Å²) < 4.78 is 0. The van der Waals surface area contributed by atoms with Gasteiger partial charge < -0.3 is 14.9 Å². The summed E-state index contributed by atoms with van der Waals surface area (Å²) in [5.74, 6) is 0.926. The molecule has 0 spiro atoms. The Morgan fingerprint density at radius 3 is 2.50 bits per heavy atom. The molecule has 2 saturated heterocycles. The molecule has 114 valence electrons. The smallest absolute Gasteiger partial charge is 0.327 e. The molecule has 20 heavy (non-hydrogen) atoms. The molecule has 0 saturated carbocycles. The molecule has 0 radical (unpaired) electrons. The Balaban J connectivity index is 2.02. The SMILES string of the molecule is CC(C)(C)C1CCN(C(=O)N2CCSCC2C(=O)O)C1. The summed E-state index contributed by atoms with van der Waals surface area (Å²) in [6.07, 6.45) is 1.01. The molecule has 2 unspecified atom stereocenters. The van der Waals surface area contributed by atoms with E-state index in [0.29, 0.717) is 18.2 Å². The molecular formula is C14H24N2O3S. The van der Waals surface area contributed by atoms with Crippen LogP contribution in [0.2, 0.25) is 0 Å².